The number of alkyl halides is 2. The quantitative estimate of drug-likeness (QED) is 0.501. The Morgan fingerprint density at radius 2 is 1.74 bits per heavy atom. The number of H-pyrrole nitrogens is 1. The first-order chi connectivity index (χ1) is 16.1. The van der Waals surface area contributed by atoms with Gasteiger partial charge in [0.15, 0.2) is 0 Å². The zero-order valence-electron chi connectivity index (χ0n) is 19.2. The van der Waals surface area contributed by atoms with Gasteiger partial charge in [0.25, 0.3) is 5.92 Å². The summed E-state index contributed by atoms with van der Waals surface area (Å²) in [5.41, 5.74) is 2.39. The van der Waals surface area contributed by atoms with Crippen LogP contribution in [-0.2, 0) is 11.2 Å². The largest absolute Gasteiger partial charge is 0.370 e. The van der Waals surface area contributed by atoms with Crippen LogP contribution in [0.25, 0.3) is 10.9 Å². The molecule has 1 fully saturated rings. The summed E-state index contributed by atoms with van der Waals surface area (Å²) >= 11 is 0. The van der Waals surface area contributed by atoms with Gasteiger partial charge < -0.3 is 9.88 Å². The van der Waals surface area contributed by atoms with E-state index in [1.807, 2.05) is 31.2 Å². The third kappa shape index (κ3) is 4.08. The number of carbonyl (C=O) groups excluding carboxylic acids is 1. The predicted molar refractivity (Wildman–Crippen MR) is 123 cm³/mol. The molecule has 4 nitrogen and oxygen atoms in total. The summed E-state index contributed by atoms with van der Waals surface area (Å²) < 4.78 is 59.7. The Labute approximate surface area is 195 Å². The van der Waals surface area contributed by atoms with Crippen molar-refractivity contribution < 1.29 is 22.4 Å². The van der Waals surface area contributed by atoms with E-state index in [1.54, 1.807) is 4.90 Å². The minimum Gasteiger partial charge on any atom is -0.370 e. The number of hydrogen-bond donors (Lipinski definition) is 1. The molecule has 0 aliphatic carbocycles. The first-order valence-electron chi connectivity index (χ1n) is 11.6. The maximum atomic E-state index is 15.6. The average molecular weight is 474 g/mol. The number of rotatable bonds is 4. The fourth-order valence-electron chi connectivity index (χ4n) is 5.41. The summed E-state index contributed by atoms with van der Waals surface area (Å²) in [6.45, 7) is 2.82. The summed E-state index contributed by atoms with van der Waals surface area (Å²) in [5, 5.41) is 0.938. The van der Waals surface area contributed by atoms with Crippen molar-refractivity contribution in [3.8, 4) is 0 Å². The van der Waals surface area contributed by atoms with Crippen molar-refractivity contribution in [3.63, 3.8) is 0 Å². The Morgan fingerprint density at radius 1 is 1.09 bits per heavy atom. The standard InChI is InChI=1S/C26H27F4N3O/c1-15-11-19-18-5-3-4-6-22(18)31-24(19)25(33(15)14-26(2,29)30)23-20(27)12-16(13-21(23)28)32-9-7-17(34)8-10-32/h3-6,12-13,15,25,31H,7-11,14H2,1-2H3/t15-,25-/m1/s1. The van der Waals surface area contributed by atoms with Crippen LogP contribution in [0, 0.1) is 11.6 Å². The van der Waals surface area contributed by atoms with Crippen molar-refractivity contribution >= 4 is 22.4 Å². The summed E-state index contributed by atoms with van der Waals surface area (Å²) in [4.78, 5) is 18.1. The Kier molecular flexibility index (Phi) is 5.67. The van der Waals surface area contributed by atoms with Gasteiger partial charge >= 0.3 is 0 Å². The van der Waals surface area contributed by atoms with Crippen molar-refractivity contribution in [1.82, 2.24) is 9.88 Å². The number of piperidine rings is 1. The minimum atomic E-state index is -3.04. The number of fused-ring (bicyclic) bond motifs is 3. The predicted octanol–water partition coefficient (Wildman–Crippen LogP) is 5.61. The molecule has 0 amide bonds. The van der Waals surface area contributed by atoms with Gasteiger partial charge in [0.1, 0.15) is 17.4 Å². The molecule has 180 valence electrons. The van der Waals surface area contributed by atoms with Gasteiger partial charge in [-0.3, -0.25) is 9.69 Å². The number of carbonyl (C=O) groups is 1. The zero-order valence-corrected chi connectivity index (χ0v) is 19.2. The van der Waals surface area contributed by atoms with Gasteiger partial charge in [-0.1, -0.05) is 18.2 Å². The minimum absolute atomic E-state index is 0.132. The molecular weight excluding hydrogens is 446 g/mol. The first kappa shape index (κ1) is 22.9. The van der Waals surface area contributed by atoms with Gasteiger partial charge in [-0.15, -0.1) is 0 Å². The third-order valence-electron chi connectivity index (χ3n) is 7.00. The van der Waals surface area contributed by atoms with Crippen LogP contribution in [0.4, 0.5) is 23.2 Å². The monoisotopic (exact) mass is 473 g/mol. The first-order valence-corrected chi connectivity index (χ1v) is 11.6. The summed E-state index contributed by atoms with van der Waals surface area (Å²) in [6.07, 6.45) is 1.17. The van der Waals surface area contributed by atoms with Crippen LogP contribution < -0.4 is 4.90 Å². The topological polar surface area (TPSA) is 39.3 Å². The number of aromatic nitrogens is 1. The molecule has 0 radical (unpaired) electrons. The van der Waals surface area contributed by atoms with Crippen molar-refractivity contribution in [2.75, 3.05) is 24.5 Å². The lowest BCUT2D eigenvalue weighted by molar-refractivity contribution is -0.119. The lowest BCUT2D eigenvalue weighted by Crippen LogP contribution is -2.48. The van der Waals surface area contributed by atoms with Gasteiger partial charge in [-0.2, -0.15) is 0 Å². The summed E-state index contributed by atoms with van der Waals surface area (Å²) in [7, 11) is 0. The lowest BCUT2D eigenvalue weighted by atomic mass is 9.87. The van der Waals surface area contributed by atoms with Crippen LogP contribution in [0.1, 0.15) is 49.6 Å². The normalized spacial score (nSPS) is 21.8. The molecule has 8 heteroatoms. The Balaban J connectivity index is 1.64. The number of hydrogen-bond acceptors (Lipinski definition) is 3. The van der Waals surface area contributed by atoms with Gasteiger partial charge in [0.2, 0.25) is 0 Å². The van der Waals surface area contributed by atoms with E-state index < -0.39 is 30.1 Å². The van der Waals surface area contributed by atoms with E-state index in [2.05, 4.69) is 4.98 Å². The number of nitrogens with one attached hydrogen (secondary N) is 1. The van der Waals surface area contributed by atoms with Crippen LogP contribution >= 0.6 is 0 Å². The van der Waals surface area contributed by atoms with Crippen molar-refractivity contribution in [2.24, 2.45) is 0 Å². The molecule has 3 aromatic rings. The highest BCUT2D eigenvalue weighted by Gasteiger charge is 2.42. The number of halogens is 4. The van der Waals surface area contributed by atoms with Crippen molar-refractivity contribution in [2.45, 2.75) is 51.1 Å². The number of Topliss-reactive ketones (excluding diaryl/α,β-unsaturated/α-hetero) is 1. The van der Waals surface area contributed by atoms with Gasteiger partial charge in [0, 0.05) is 66.7 Å². The Bertz CT molecular complexity index is 1220. The molecular formula is C26H27F4N3O. The van der Waals surface area contributed by atoms with Crippen LogP contribution in [0.5, 0.6) is 0 Å². The molecule has 5 rings (SSSR count). The number of anilines is 1. The van der Waals surface area contributed by atoms with Crippen LogP contribution in [0.15, 0.2) is 36.4 Å². The number of benzene rings is 2. The molecule has 1 saturated heterocycles. The highest BCUT2D eigenvalue weighted by atomic mass is 19.3. The molecule has 2 aromatic carbocycles. The molecule has 0 saturated carbocycles. The molecule has 3 heterocycles. The van der Waals surface area contributed by atoms with Gasteiger partial charge in [0.05, 0.1) is 12.6 Å². The molecule has 0 spiro atoms. The molecule has 0 unspecified atom stereocenters. The highest BCUT2D eigenvalue weighted by Crippen LogP contribution is 2.44. The molecule has 1 aromatic heterocycles. The number of nitrogens with zero attached hydrogens (tertiary/aromatic N) is 2. The van der Waals surface area contributed by atoms with E-state index in [9.17, 15) is 13.6 Å². The Hall–Kier alpha value is -2.87. The molecule has 2 atom stereocenters. The molecule has 2 aliphatic heterocycles. The second-order valence-electron chi connectivity index (χ2n) is 9.61. The van der Waals surface area contributed by atoms with E-state index >= 15 is 8.78 Å². The Morgan fingerprint density at radius 3 is 2.38 bits per heavy atom. The number of para-hydroxylation sites is 1. The average Bonchev–Trinajstić information content (AvgIpc) is 3.13. The van der Waals surface area contributed by atoms with Gasteiger partial charge in [-0.25, -0.2) is 17.6 Å². The lowest BCUT2D eigenvalue weighted by Gasteiger charge is -2.42. The van der Waals surface area contributed by atoms with Crippen LogP contribution in [0.3, 0.4) is 0 Å². The summed E-state index contributed by atoms with van der Waals surface area (Å²) in [5.74, 6) is -4.46. The van der Waals surface area contributed by atoms with Gasteiger partial charge in [-0.05, 0) is 37.1 Å². The smallest absolute Gasteiger partial charge is 0.257 e. The molecule has 1 N–H and O–H groups in total. The van der Waals surface area contributed by atoms with Crippen molar-refractivity contribution in [3.05, 3.63) is 64.9 Å². The molecule has 0 bridgehead atoms. The molecule has 34 heavy (non-hydrogen) atoms. The zero-order chi connectivity index (χ0) is 24.2. The fourth-order valence-corrected chi connectivity index (χ4v) is 5.41. The van der Waals surface area contributed by atoms with E-state index in [0.717, 1.165) is 23.4 Å². The second kappa shape index (κ2) is 8.41. The number of aromatic amines is 1. The van der Waals surface area contributed by atoms with E-state index in [1.165, 1.54) is 17.0 Å². The third-order valence-corrected chi connectivity index (χ3v) is 7.00. The number of ketones is 1. The summed E-state index contributed by atoms with van der Waals surface area (Å²) in [6, 6.07) is 8.72. The SMILES string of the molecule is C[C@@H]1Cc2c([nH]c3ccccc23)[C@@H](c2c(F)cc(N3CCC(=O)CC3)cc2F)N1CC(C)(F)F. The second-order valence-corrected chi connectivity index (χ2v) is 9.61. The van der Waals surface area contributed by atoms with Crippen LogP contribution in [0.2, 0.25) is 0 Å². The fraction of sp³-hybridized carbons (Fsp3) is 0.423. The maximum Gasteiger partial charge on any atom is 0.257 e. The van der Waals surface area contributed by atoms with Crippen LogP contribution in [-0.4, -0.2) is 47.3 Å². The van der Waals surface area contributed by atoms with E-state index in [0.29, 0.717) is 43.7 Å². The van der Waals surface area contributed by atoms with E-state index in [4.69, 9.17) is 0 Å². The maximum absolute atomic E-state index is 15.6. The van der Waals surface area contributed by atoms with Crippen molar-refractivity contribution in [1.29, 1.82) is 0 Å². The molecule has 2 aliphatic rings. The highest BCUT2D eigenvalue weighted by molar-refractivity contribution is 5.85. The van der Waals surface area contributed by atoms with E-state index in [-0.39, 0.29) is 17.4 Å².